The Hall–Kier alpha value is -0.940. The number of carboxylic acid groups (broad SMARTS) is 1. The lowest BCUT2D eigenvalue weighted by Crippen LogP contribution is -2.35. The quantitative estimate of drug-likeness (QED) is 0.870. The first kappa shape index (κ1) is 13.1. The fourth-order valence-electron chi connectivity index (χ4n) is 3.81. The summed E-state index contributed by atoms with van der Waals surface area (Å²) >= 11 is 1.20. The molecule has 2 fully saturated rings. The van der Waals surface area contributed by atoms with Gasteiger partial charge in [-0.2, -0.15) is 0 Å². The van der Waals surface area contributed by atoms with Crippen LogP contribution < -0.4 is 5.32 Å². The molecule has 2 aliphatic carbocycles. The topological polar surface area (TPSA) is 62.2 Å². The molecule has 1 aromatic rings. The molecule has 104 valence electrons. The lowest BCUT2D eigenvalue weighted by atomic mass is 9.84. The van der Waals surface area contributed by atoms with Crippen molar-refractivity contribution < 1.29 is 9.90 Å². The van der Waals surface area contributed by atoms with Gasteiger partial charge in [-0.1, -0.05) is 6.42 Å². The molecular formula is C14H20N2O2S. The van der Waals surface area contributed by atoms with E-state index in [1.165, 1.54) is 37.0 Å². The van der Waals surface area contributed by atoms with Gasteiger partial charge >= 0.3 is 5.97 Å². The summed E-state index contributed by atoms with van der Waals surface area (Å²) in [6.07, 6.45) is 5.63. The molecule has 4 unspecified atom stereocenters. The average molecular weight is 280 g/mol. The Morgan fingerprint density at radius 1 is 1.58 bits per heavy atom. The van der Waals surface area contributed by atoms with Gasteiger partial charge in [-0.05, 0) is 43.9 Å². The van der Waals surface area contributed by atoms with Crippen molar-refractivity contribution in [2.45, 2.75) is 45.2 Å². The van der Waals surface area contributed by atoms with Gasteiger partial charge in [0.1, 0.15) is 0 Å². The number of nitrogens with zero attached hydrogens (tertiary/aromatic N) is 1. The molecular weight excluding hydrogens is 260 g/mol. The minimum absolute atomic E-state index is 0.185. The summed E-state index contributed by atoms with van der Waals surface area (Å²) in [5.74, 6) is 1.75. The predicted octanol–water partition coefficient (Wildman–Crippen LogP) is 2.76. The molecule has 0 aliphatic heterocycles. The van der Waals surface area contributed by atoms with Crippen molar-refractivity contribution in [3.05, 3.63) is 16.1 Å². The van der Waals surface area contributed by atoms with Crippen molar-refractivity contribution in [1.29, 1.82) is 0 Å². The zero-order valence-corrected chi connectivity index (χ0v) is 11.9. The van der Waals surface area contributed by atoms with Gasteiger partial charge in [0.15, 0.2) is 0 Å². The van der Waals surface area contributed by atoms with E-state index in [1.807, 2.05) is 5.38 Å². The van der Waals surface area contributed by atoms with E-state index in [1.54, 1.807) is 0 Å². The fourth-order valence-corrected chi connectivity index (χ4v) is 4.46. The maximum absolute atomic E-state index is 10.8. The molecule has 0 radical (unpaired) electrons. The maximum atomic E-state index is 10.8. The van der Waals surface area contributed by atoms with E-state index >= 15 is 0 Å². The molecule has 4 atom stereocenters. The molecule has 0 spiro atoms. The number of rotatable bonds is 5. The summed E-state index contributed by atoms with van der Waals surface area (Å²) in [5, 5.41) is 14.4. The van der Waals surface area contributed by atoms with Crippen LogP contribution in [0.5, 0.6) is 0 Å². The highest BCUT2D eigenvalue weighted by atomic mass is 32.1. The van der Waals surface area contributed by atoms with Gasteiger partial charge in [-0.15, -0.1) is 11.3 Å². The Morgan fingerprint density at radius 2 is 2.42 bits per heavy atom. The highest BCUT2D eigenvalue weighted by molar-refractivity contribution is 7.11. The summed E-state index contributed by atoms with van der Waals surface area (Å²) in [5.41, 5.74) is 0.845. The SMILES string of the molecule is CC(NCc1csc(C(=O)O)n1)C1CC2CCC1C2. The van der Waals surface area contributed by atoms with Crippen molar-refractivity contribution >= 4 is 17.3 Å². The highest BCUT2D eigenvalue weighted by Crippen LogP contribution is 2.49. The third-order valence-electron chi connectivity index (χ3n) is 4.77. The summed E-state index contributed by atoms with van der Waals surface area (Å²) in [6.45, 7) is 2.94. The Balaban J connectivity index is 1.52. The van der Waals surface area contributed by atoms with Crippen LogP contribution in [0.25, 0.3) is 0 Å². The van der Waals surface area contributed by atoms with E-state index in [2.05, 4.69) is 17.2 Å². The first-order valence-electron chi connectivity index (χ1n) is 7.04. The first-order valence-corrected chi connectivity index (χ1v) is 7.92. The second-order valence-electron chi connectivity index (χ2n) is 5.96. The van der Waals surface area contributed by atoms with Crippen LogP contribution in [-0.2, 0) is 6.54 Å². The average Bonchev–Trinajstić information content (AvgIpc) is 3.11. The third-order valence-corrected chi connectivity index (χ3v) is 5.65. The molecule has 2 N–H and O–H groups in total. The maximum Gasteiger partial charge on any atom is 0.365 e. The number of hydrogen-bond acceptors (Lipinski definition) is 4. The van der Waals surface area contributed by atoms with Crippen LogP contribution in [0.3, 0.4) is 0 Å². The minimum atomic E-state index is -0.933. The van der Waals surface area contributed by atoms with E-state index in [0.29, 0.717) is 12.6 Å². The van der Waals surface area contributed by atoms with E-state index in [0.717, 1.165) is 23.4 Å². The van der Waals surface area contributed by atoms with Crippen LogP contribution >= 0.6 is 11.3 Å². The van der Waals surface area contributed by atoms with E-state index in [4.69, 9.17) is 5.11 Å². The molecule has 5 heteroatoms. The lowest BCUT2D eigenvalue weighted by molar-refractivity contribution is 0.0696. The number of aromatic nitrogens is 1. The third kappa shape index (κ3) is 2.67. The normalized spacial score (nSPS) is 30.7. The van der Waals surface area contributed by atoms with Gasteiger partial charge in [0.25, 0.3) is 0 Å². The number of carbonyl (C=O) groups is 1. The van der Waals surface area contributed by atoms with E-state index < -0.39 is 5.97 Å². The lowest BCUT2D eigenvalue weighted by Gasteiger charge is -2.28. The zero-order valence-electron chi connectivity index (χ0n) is 11.1. The Morgan fingerprint density at radius 3 is 3.00 bits per heavy atom. The van der Waals surface area contributed by atoms with Gasteiger partial charge in [0, 0.05) is 18.0 Å². The molecule has 2 bridgehead atoms. The molecule has 3 rings (SSSR count). The number of hydrogen-bond donors (Lipinski definition) is 2. The standard InChI is InChI=1S/C14H20N2O2S/c1-8(12-5-9-2-3-10(12)4-9)15-6-11-7-19-13(16-11)14(17)18/h7-10,12,15H,2-6H2,1H3,(H,17,18). The summed E-state index contributed by atoms with van der Waals surface area (Å²) < 4.78 is 0. The number of aromatic carboxylic acids is 1. The van der Waals surface area contributed by atoms with Crippen LogP contribution in [-0.4, -0.2) is 22.1 Å². The molecule has 0 aromatic carbocycles. The first-order chi connectivity index (χ1) is 9.13. The smallest absolute Gasteiger partial charge is 0.365 e. The second kappa shape index (κ2) is 5.21. The molecule has 4 nitrogen and oxygen atoms in total. The van der Waals surface area contributed by atoms with Crippen LogP contribution in [0.15, 0.2) is 5.38 Å². The monoisotopic (exact) mass is 280 g/mol. The molecule has 2 aliphatic rings. The molecule has 0 saturated heterocycles. The molecule has 2 saturated carbocycles. The van der Waals surface area contributed by atoms with Gasteiger partial charge in [-0.3, -0.25) is 0 Å². The molecule has 1 heterocycles. The van der Waals surface area contributed by atoms with Gasteiger partial charge in [-0.25, -0.2) is 9.78 Å². The van der Waals surface area contributed by atoms with Gasteiger partial charge < -0.3 is 10.4 Å². The van der Waals surface area contributed by atoms with Crippen molar-refractivity contribution in [3.63, 3.8) is 0 Å². The largest absolute Gasteiger partial charge is 0.476 e. The Bertz CT molecular complexity index is 474. The van der Waals surface area contributed by atoms with Gasteiger partial charge in [0.05, 0.1) is 5.69 Å². The van der Waals surface area contributed by atoms with Crippen molar-refractivity contribution in [2.75, 3.05) is 0 Å². The number of nitrogens with one attached hydrogen (secondary N) is 1. The predicted molar refractivity (Wildman–Crippen MR) is 74.3 cm³/mol. The fraction of sp³-hybridized carbons (Fsp3) is 0.714. The number of carboxylic acids is 1. The van der Waals surface area contributed by atoms with Gasteiger partial charge in [0.2, 0.25) is 5.01 Å². The molecule has 19 heavy (non-hydrogen) atoms. The van der Waals surface area contributed by atoms with Crippen LogP contribution in [0.1, 0.15) is 48.1 Å². The molecule has 0 amide bonds. The Labute approximate surface area is 117 Å². The van der Waals surface area contributed by atoms with Crippen LogP contribution in [0.4, 0.5) is 0 Å². The minimum Gasteiger partial charge on any atom is -0.476 e. The molecule has 1 aromatic heterocycles. The van der Waals surface area contributed by atoms with E-state index in [9.17, 15) is 4.79 Å². The van der Waals surface area contributed by atoms with Crippen LogP contribution in [0, 0.1) is 17.8 Å². The van der Waals surface area contributed by atoms with Crippen molar-refractivity contribution in [2.24, 2.45) is 17.8 Å². The summed E-state index contributed by atoms with van der Waals surface area (Å²) in [7, 11) is 0. The second-order valence-corrected chi connectivity index (χ2v) is 6.82. The van der Waals surface area contributed by atoms with Crippen molar-refractivity contribution in [1.82, 2.24) is 10.3 Å². The summed E-state index contributed by atoms with van der Waals surface area (Å²) in [4.78, 5) is 14.9. The van der Waals surface area contributed by atoms with E-state index in [-0.39, 0.29) is 5.01 Å². The Kier molecular flexibility index (Phi) is 3.58. The van der Waals surface area contributed by atoms with Crippen LogP contribution in [0.2, 0.25) is 0 Å². The number of thiazole rings is 1. The van der Waals surface area contributed by atoms with Crippen molar-refractivity contribution in [3.8, 4) is 0 Å². The number of fused-ring (bicyclic) bond motifs is 2. The zero-order chi connectivity index (χ0) is 13.4. The highest BCUT2D eigenvalue weighted by Gasteiger charge is 2.41. The summed E-state index contributed by atoms with van der Waals surface area (Å²) in [6, 6.07) is 0.505.